The van der Waals surface area contributed by atoms with E-state index < -0.39 is 11.4 Å². The molecule has 1 N–H and O–H groups in total. The number of carbonyl (C=O) groups is 1. The van der Waals surface area contributed by atoms with Crippen LogP contribution in [-0.2, 0) is 10.2 Å². The standard InChI is InChI=1S/C32H24N6O3/c1-19-27(20(2)41-38-19)24-17-36-29-23(21-10-12-22(13-11-21)31(39)40-3)16-37-30(29)28(24)32(18-33,25-8-4-6-14-34-25)26-9-5-7-15-35-26/h4-17,37H,1-3H3. The molecule has 0 unspecified atom stereocenters. The van der Waals surface area contributed by atoms with E-state index in [1.54, 1.807) is 30.7 Å². The van der Waals surface area contributed by atoms with Gasteiger partial charge in [0, 0.05) is 47.0 Å². The molecular weight excluding hydrogens is 516 g/mol. The number of esters is 1. The summed E-state index contributed by atoms with van der Waals surface area (Å²) in [7, 11) is 1.35. The quantitative estimate of drug-likeness (QED) is 0.257. The predicted octanol–water partition coefficient (Wildman–Crippen LogP) is 5.94. The first-order valence-electron chi connectivity index (χ1n) is 12.9. The molecule has 0 saturated carbocycles. The van der Waals surface area contributed by atoms with Crippen molar-refractivity contribution in [2.45, 2.75) is 19.3 Å². The molecule has 1 aromatic carbocycles. The number of aromatic amines is 1. The van der Waals surface area contributed by atoms with Crippen molar-refractivity contribution in [3.05, 3.63) is 119 Å². The number of ether oxygens (including phenoxy) is 1. The number of nitrogens with one attached hydrogen (secondary N) is 1. The summed E-state index contributed by atoms with van der Waals surface area (Å²) in [5.41, 5.74) is 5.72. The predicted molar refractivity (Wildman–Crippen MR) is 152 cm³/mol. The monoisotopic (exact) mass is 540 g/mol. The topological polar surface area (TPSA) is 131 Å². The highest BCUT2D eigenvalue weighted by Crippen LogP contribution is 2.47. The van der Waals surface area contributed by atoms with Crippen LogP contribution in [0.15, 0.2) is 90.0 Å². The molecule has 0 amide bonds. The maximum absolute atomic E-state index is 12.0. The molecule has 9 nitrogen and oxygen atoms in total. The molecule has 6 aromatic rings. The zero-order chi connectivity index (χ0) is 28.6. The van der Waals surface area contributed by atoms with Crippen molar-refractivity contribution < 1.29 is 14.1 Å². The minimum absolute atomic E-state index is 0.412. The first-order chi connectivity index (χ1) is 20.0. The third-order valence-corrected chi connectivity index (χ3v) is 7.26. The Morgan fingerprint density at radius 3 is 2.17 bits per heavy atom. The maximum Gasteiger partial charge on any atom is 0.337 e. The first kappa shape index (κ1) is 25.6. The molecule has 200 valence electrons. The molecule has 0 aliphatic carbocycles. The molecular formula is C32H24N6O3. The number of aromatic nitrogens is 5. The molecule has 6 rings (SSSR count). The van der Waals surface area contributed by atoms with E-state index >= 15 is 0 Å². The second kappa shape index (κ2) is 10.2. The lowest BCUT2D eigenvalue weighted by Gasteiger charge is -2.29. The van der Waals surface area contributed by atoms with Crippen LogP contribution >= 0.6 is 0 Å². The molecule has 0 saturated heterocycles. The summed E-state index contributed by atoms with van der Waals surface area (Å²) in [5.74, 6) is 0.188. The molecule has 0 spiro atoms. The fourth-order valence-corrected chi connectivity index (χ4v) is 5.37. The van der Waals surface area contributed by atoms with Gasteiger partial charge in [-0.05, 0) is 55.8 Å². The van der Waals surface area contributed by atoms with E-state index in [9.17, 15) is 10.1 Å². The van der Waals surface area contributed by atoms with E-state index in [0.29, 0.717) is 50.6 Å². The number of pyridine rings is 3. The number of nitrogens with zero attached hydrogens (tertiary/aromatic N) is 5. The van der Waals surface area contributed by atoms with E-state index in [-0.39, 0.29) is 0 Å². The van der Waals surface area contributed by atoms with Crippen LogP contribution in [0.1, 0.15) is 38.8 Å². The Bertz CT molecular complexity index is 1860. The Balaban J connectivity index is 1.71. The van der Waals surface area contributed by atoms with Gasteiger partial charge in [-0.3, -0.25) is 15.0 Å². The summed E-state index contributed by atoms with van der Waals surface area (Å²) in [4.78, 5) is 29.6. The second-order valence-electron chi connectivity index (χ2n) is 9.53. The lowest BCUT2D eigenvalue weighted by molar-refractivity contribution is 0.0600. The Labute approximate surface area is 235 Å². The van der Waals surface area contributed by atoms with Crippen LogP contribution in [0.2, 0.25) is 0 Å². The van der Waals surface area contributed by atoms with Crippen LogP contribution in [0.5, 0.6) is 0 Å². The van der Waals surface area contributed by atoms with Gasteiger partial charge in [0.05, 0.1) is 46.9 Å². The Morgan fingerprint density at radius 2 is 1.63 bits per heavy atom. The number of fused-ring (bicyclic) bond motifs is 1. The van der Waals surface area contributed by atoms with E-state index in [1.165, 1.54) is 7.11 Å². The second-order valence-corrected chi connectivity index (χ2v) is 9.53. The van der Waals surface area contributed by atoms with Gasteiger partial charge in [0.15, 0.2) is 5.41 Å². The number of hydrogen-bond acceptors (Lipinski definition) is 8. The van der Waals surface area contributed by atoms with Crippen molar-refractivity contribution in [2.24, 2.45) is 0 Å². The van der Waals surface area contributed by atoms with Crippen molar-refractivity contribution in [2.75, 3.05) is 7.11 Å². The van der Waals surface area contributed by atoms with Crippen LogP contribution in [0.3, 0.4) is 0 Å². The van der Waals surface area contributed by atoms with Gasteiger partial charge >= 0.3 is 5.97 Å². The van der Waals surface area contributed by atoms with Crippen molar-refractivity contribution in [1.82, 2.24) is 25.1 Å². The van der Waals surface area contributed by atoms with Gasteiger partial charge in [-0.1, -0.05) is 29.4 Å². The fraction of sp³-hybridized carbons (Fsp3) is 0.125. The fourth-order valence-electron chi connectivity index (χ4n) is 5.37. The highest BCUT2D eigenvalue weighted by atomic mass is 16.5. The largest absolute Gasteiger partial charge is 0.465 e. The van der Waals surface area contributed by atoms with Crippen LogP contribution in [0.4, 0.5) is 0 Å². The average molecular weight is 541 g/mol. The number of aryl methyl sites for hydroxylation is 2. The lowest BCUT2D eigenvalue weighted by Crippen LogP contribution is -2.31. The highest BCUT2D eigenvalue weighted by Gasteiger charge is 2.44. The third-order valence-electron chi connectivity index (χ3n) is 7.26. The average Bonchev–Trinajstić information content (AvgIpc) is 3.61. The number of methoxy groups -OCH3 is 1. The zero-order valence-electron chi connectivity index (χ0n) is 22.5. The van der Waals surface area contributed by atoms with E-state index in [0.717, 1.165) is 16.7 Å². The van der Waals surface area contributed by atoms with Gasteiger partial charge in [-0.2, -0.15) is 5.26 Å². The number of rotatable bonds is 6. The van der Waals surface area contributed by atoms with Gasteiger partial charge in [-0.15, -0.1) is 0 Å². The third kappa shape index (κ3) is 4.05. The number of carbonyl (C=O) groups excluding carboxylic acids is 1. The number of benzene rings is 1. The summed E-state index contributed by atoms with van der Waals surface area (Å²) in [5, 5.41) is 15.3. The molecule has 0 aliphatic rings. The first-order valence-corrected chi connectivity index (χ1v) is 12.9. The Morgan fingerprint density at radius 1 is 0.951 bits per heavy atom. The number of H-pyrrole nitrogens is 1. The smallest absolute Gasteiger partial charge is 0.337 e. The molecule has 5 heterocycles. The number of hydrogen-bond donors (Lipinski definition) is 1. The molecule has 0 bridgehead atoms. The van der Waals surface area contributed by atoms with E-state index in [1.807, 2.05) is 68.6 Å². The van der Waals surface area contributed by atoms with Gasteiger partial charge < -0.3 is 14.2 Å². The molecule has 0 atom stereocenters. The lowest BCUT2D eigenvalue weighted by atomic mass is 9.72. The maximum atomic E-state index is 12.0. The Hall–Kier alpha value is -5.62. The minimum atomic E-state index is -1.42. The summed E-state index contributed by atoms with van der Waals surface area (Å²) >= 11 is 0. The molecule has 5 aromatic heterocycles. The van der Waals surface area contributed by atoms with Gasteiger partial charge in [-0.25, -0.2) is 4.79 Å². The number of nitriles is 1. The minimum Gasteiger partial charge on any atom is -0.465 e. The van der Waals surface area contributed by atoms with Crippen molar-refractivity contribution in [3.8, 4) is 28.3 Å². The molecule has 9 heteroatoms. The van der Waals surface area contributed by atoms with E-state index in [2.05, 4.69) is 26.2 Å². The van der Waals surface area contributed by atoms with E-state index in [4.69, 9.17) is 14.2 Å². The van der Waals surface area contributed by atoms with Gasteiger partial charge in [0.1, 0.15) is 5.76 Å². The van der Waals surface area contributed by atoms with Crippen LogP contribution in [-0.4, -0.2) is 38.2 Å². The van der Waals surface area contributed by atoms with Crippen LogP contribution in [0.25, 0.3) is 33.3 Å². The molecule has 41 heavy (non-hydrogen) atoms. The normalized spacial score (nSPS) is 11.4. The van der Waals surface area contributed by atoms with Crippen molar-refractivity contribution in [3.63, 3.8) is 0 Å². The van der Waals surface area contributed by atoms with Crippen molar-refractivity contribution in [1.29, 1.82) is 5.26 Å². The summed E-state index contributed by atoms with van der Waals surface area (Å²) in [6.07, 6.45) is 6.94. The van der Waals surface area contributed by atoms with Gasteiger partial charge in [0.2, 0.25) is 0 Å². The van der Waals surface area contributed by atoms with Crippen molar-refractivity contribution >= 4 is 17.0 Å². The summed E-state index contributed by atoms with van der Waals surface area (Å²) in [6, 6.07) is 20.7. The zero-order valence-corrected chi connectivity index (χ0v) is 22.5. The SMILES string of the molecule is COC(=O)c1ccc(-c2c[nH]c3c(C(C#N)(c4ccccn4)c4ccccn4)c(-c4c(C)noc4C)cnc23)cc1. The summed E-state index contributed by atoms with van der Waals surface area (Å²) < 4.78 is 10.4. The Kier molecular flexibility index (Phi) is 6.36. The summed E-state index contributed by atoms with van der Waals surface area (Å²) in [6.45, 7) is 3.69. The van der Waals surface area contributed by atoms with Gasteiger partial charge in [0.25, 0.3) is 0 Å². The molecule has 0 aliphatic heterocycles. The van der Waals surface area contributed by atoms with Crippen LogP contribution in [0, 0.1) is 25.2 Å². The highest BCUT2D eigenvalue weighted by molar-refractivity contribution is 5.99. The molecule has 0 fully saturated rings. The van der Waals surface area contributed by atoms with Crippen LogP contribution < -0.4 is 0 Å². The molecule has 0 radical (unpaired) electrons.